The van der Waals surface area contributed by atoms with Gasteiger partial charge in [-0.05, 0) is 22.6 Å². The van der Waals surface area contributed by atoms with Gasteiger partial charge in [-0.2, -0.15) is 0 Å². The van der Waals surface area contributed by atoms with Gasteiger partial charge in [0.2, 0.25) is 0 Å². The van der Waals surface area contributed by atoms with Crippen LogP contribution >= 0.6 is 0 Å². The van der Waals surface area contributed by atoms with Gasteiger partial charge in [0, 0.05) is 17.2 Å². The smallest absolute Gasteiger partial charge is 0.315 e. The van der Waals surface area contributed by atoms with E-state index in [-0.39, 0.29) is 0 Å². The van der Waals surface area contributed by atoms with Crippen molar-refractivity contribution in [3.63, 3.8) is 0 Å². The molecule has 4 heteroatoms. The predicted octanol–water partition coefficient (Wildman–Crippen LogP) is 5.64. The van der Waals surface area contributed by atoms with Crippen molar-refractivity contribution in [2.24, 2.45) is 11.8 Å². The van der Waals surface area contributed by atoms with Crippen LogP contribution in [0.25, 0.3) is 10.8 Å². The normalized spacial score (nSPS) is 22.1. The average molecular weight is 422 g/mol. The number of esters is 1. The monoisotopic (exact) mass is 422 g/mol. The second-order valence-electron chi connectivity index (χ2n) is 8.16. The number of carboxylic acid groups (broad SMARTS) is 1. The molecule has 0 aliphatic heterocycles. The summed E-state index contributed by atoms with van der Waals surface area (Å²) < 4.78 is 5.93. The Morgan fingerprint density at radius 1 is 0.625 bits per heavy atom. The number of carboxylic acids is 1. The van der Waals surface area contributed by atoms with E-state index < -0.39 is 35.6 Å². The van der Waals surface area contributed by atoms with Crippen LogP contribution in [0.3, 0.4) is 0 Å². The third-order valence-corrected chi connectivity index (χ3v) is 6.43. The van der Waals surface area contributed by atoms with E-state index in [1.54, 1.807) is 6.07 Å². The molecule has 0 heterocycles. The lowest BCUT2D eigenvalue weighted by molar-refractivity contribution is -0.158. The van der Waals surface area contributed by atoms with E-state index in [9.17, 15) is 14.7 Å². The van der Waals surface area contributed by atoms with Crippen molar-refractivity contribution in [2.75, 3.05) is 0 Å². The van der Waals surface area contributed by atoms with Crippen LogP contribution < -0.4 is 4.74 Å². The molecule has 4 nitrogen and oxygen atoms in total. The van der Waals surface area contributed by atoms with Gasteiger partial charge in [-0.15, -0.1) is 0 Å². The van der Waals surface area contributed by atoms with Crippen molar-refractivity contribution in [3.8, 4) is 5.75 Å². The van der Waals surface area contributed by atoms with Crippen molar-refractivity contribution < 1.29 is 19.4 Å². The SMILES string of the molecule is O=C(O)[C@H]1[C@H](c2ccccc2)[C@H](C(=O)Oc2cccc3ccccc23)[C@H]1c1ccccc1. The molecule has 0 bridgehead atoms. The Balaban J connectivity index is 1.55. The van der Waals surface area contributed by atoms with Crippen LogP contribution in [0.15, 0.2) is 103 Å². The highest BCUT2D eigenvalue weighted by Crippen LogP contribution is 2.58. The highest BCUT2D eigenvalue weighted by atomic mass is 16.5. The first-order valence-electron chi connectivity index (χ1n) is 10.7. The first kappa shape index (κ1) is 20.0. The van der Waals surface area contributed by atoms with E-state index in [1.807, 2.05) is 97.1 Å². The minimum absolute atomic E-state index is 0.401. The van der Waals surface area contributed by atoms with Gasteiger partial charge in [-0.1, -0.05) is 97.1 Å². The van der Waals surface area contributed by atoms with E-state index in [2.05, 4.69) is 0 Å². The molecule has 4 aromatic rings. The van der Waals surface area contributed by atoms with Gasteiger partial charge in [0.05, 0.1) is 11.8 Å². The lowest BCUT2D eigenvalue weighted by atomic mass is 9.52. The molecule has 32 heavy (non-hydrogen) atoms. The van der Waals surface area contributed by atoms with E-state index in [0.717, 1.165) is 21.9 Å². The third kappa shape index (κ3) is 3.44. The molecular weight excluding hydrogens is 400 g/mol. The molecule has 1 N–H and O–H groups in total. The van der Waals surface area contributed by atoms with E-state index in [4.69, 9.17) is 4.74 Å². The molecule has 0 aromatic heterocycles. The van der Waals surface area contributed by atoms with Crippen molar-refractivity contribution in [2.45, 2.75) is 11.8 Å². The Morgan fingerprint density at radius 2 is 1.16 bits per heavy atom. The Hall–Kier alpha value is -3.92. The summed E-state index contributed by atoms with van der Waals surface area (Å²) in [5.74, 6) is -3.03. The van der Waals surface area contributed by atoms with Crippen LogP contribution in [0.5, 0.6) is 5.75 Å². The van der Waals surface area contributed by atoms with Crippen LogP contribution in [0.2, 0.25) is 0 Å². The molecule has 0 spiro atoms. The molecule has 1 fully saturated rings. The summed E-state index contributed by atoms with van der Waals surface area (Å²) in [5.41, 5.74) is 1.68. The van der Waals surface area contributed by atoms with Gasteiger partial charge in [0.1, 0.15) is 5.75 Å². The molecule has 0 unspecified atom stereocenters. The van der Waals surface area contributed by atoms with Gasteiger partial charge in [-0.3, -0.25) is 9.59 Å². The van der Waals surface area contributed by atoms with Gasteiger partial charge < -0.3 is 9.84 Å². The number of hydrogen-bond acceptors (Lipinski definition) is 3. The number of fused-ring (bicyclic) bond motifs is 1. The molecule has 1 aliphatic carbocycles. The number of carbonyl (C=O) groups is 2. The highest BCUT2D eigenvalue weighted by molar-refractivity contribution is 5.92. The fourth-order valence-corrected chi connectivity index (χ4v) is 4.99. The Labute approximate surface area is 186 Å². The first-order chi connectivity index (χ1) is 15.6. The van der Waals surface area contributed by atoms with E-state index in [1.165, 1.54) is 0 Å². The number of carbonyl (C=O) groups excluding carboxylic acids is 1. The minimum Gasteiger partial charge on any atom is -0.481 e. The molecular formula is C28H22O4. The molecule has 2 atom stereocenters. The first-order valence-corrected chi connectivity index (χ1v) is 10.7. The lowest BCUT2D eigenvalue weighted by Crippen LogP contribution is -2.52. The Kier molecular flexibility index (Phi) is 5.20. The number of ether oxygens (including phenoxy) is 1. The van der Waals surface area contributed by atoms with Gasteiger partial charge in [-0.25, -0.2) is 0 Å². The molecule has 5 rings (SSSR count). The largest absolute Gasteiger partial charge is 0.481 e. The predicted molar refractivity (Wildman–Crippen MR) is 123 cm³/mol. The number of hydrogen-bond donors (Lipinski definition) is 1. The zero-order valence-electron chi connectivity index (χ0n) is 17.3. The summed E-state index contributed by atoms with van der Waals surface area (Å²) in [7, 11) is 0. The van der Waals surface area contributed by atoms with Crippen molar-refractivity contribution in [1.82, 2.24) is 0 Å². The molecule has 4 aromatic carbocycles. The lowest BCUT2D eigenvalue weighted by Gasteiger charge is -2.49. The second kappa shape index (κ2) is 8.31. The molecule has 1 aliphatic rings. The molecule has 0 radical (unpaired) electrons. The van der Waals surface area contributed by atoms with Gasteiger partial charge >= 0.3 is 11.9 Å². The summed E-state index contributed by atoms with van der Waals surface area (Å²) in [5, 5.41) is 11.9. The van der Waals surface area contributed by atoms with E-state index in [0.29, 0.717) is 5.75 Å². The van der Waals surface area contributed by atoms with Crippen LogP contribution in [-0.2, 0) is 9.59 Å². The maximum Gasteiger partial charge on any atom is 0.315 e. The van der Waals surface area contributed by atoms with Crippen LogP contribution in [0.1, 0.15) is 23.0 Å². The number of benzene rings is 4. The number of rotatable bonds is 5. The zero-order chi connectivity index (χ0) is 22.1. The average Bonchev–Trinajstić information content (AvgIpc) is 2.80. The third-order valence-electron chi connectivity index (χ3n) is 6.43. The fraction of sp³-hybridized carbons (Fsp3) is 0.143. The summed E-state index contributed by atoms with van der Waals surface area (Å²) >= 11 is 0. The van der Waals surface area contributed by atoms with Gasteiger partial charge in [0.25, 0.3) is 0 Å². The highest BCUT2D eigenvalue weighted by Gasteiger charge is 2.59. The maximum atomic E-state index is 13.6. The standard InChI is InChI=1S/C28H22O4/c29-27(30)25-23(19-11-3-1-4-12-19)26(24(25)20-13-5-2-6-14-20)28(31)32-22-17-9-15-18-10-7-8-16-21(18)22/h1-17,23-26H,(H,29,30)/t23-,24-,25-,26-/m0/s1. The fourth-order valence-electron chi connectivity index (χ4n) is 4.99. The van der Waals surface area contributed by atoms with Crippen molar-refractivity contribution in [1.29, 1.82) is 0 Å². The van der Waals surface area contributed by atoms with Crippen LogP contribution in [0, 0.1) is 11.8 Å². The quantitative estimate of drug-likeness (QED) is 0.334. The summed E-state index contributed by atoms with van der Waals surface area (Å²) in [6.07, 6.45) is 0. The van der Waals surface area contributed by atoms with Gasteiger partial charge in [0.15, 0.2) is 0 Å². The molecule has 158 valence electrons. The van der Waals surface area contributed by atoms with E-state index >= 15 is 0 Å². The Morgan fingerprint density at radius 3 is 1.75 bits per heavy atom. The zero-order valence-corrected chi connectivity index (χ0v) is 17.3. The van der Waals surface area contributed by atoms with Crippen LogP contribution in [-0.4, -0.2) is 17.0 Å². The molecule has 0 amide bonds. The van der Waals surface area contributed by atoms with Crippen molar-refractivity contribution >= 4 is 22.7 Å². The Bertz CT molecular complexity index is 1210. The minimum atomic E-state index is -0.901. The summed E-state index contributed by atoms with van der Waals surface area (Å²) in [6.45, 7) is 0. The topological polar surface area (TPSA) is 63.6 Å². The van der Waals surface area contributed by atoms with Crippen LogP contribution in [0.4, 0.5) is 0 Å². The second-order valence-corrected chi connectivity index (χ2v) is 8.16. The maximum absolute atomic E-state index is 13.6. The number of aliphatic carboxylic acids is 1. The van der Waals surface area contributed by atoms with Crippen molar-refractivity contribution in [3.05, 3.63) is 114 Å². The molecule has 0 saturated heterocycles. The molecule has 1 saturated carbocycles. The summed E-state index contributed by atoms with van der Waals surface area (Å²) in [4.78, 5) is 25.9. The summed E-state index contributed by atoms with van der Waals surface area (Å²) in [6, 6.07) is 32.2.